The van der Waals surface area contributed by atoms with Crippen LogP contribution in [0, 0.1) is 11.8 Å². The number of sulfone groups is 1. The van der Waals surface area contributed by atoms with E-state index in [1.54, 1.807) is 32.9 Å². The quantitative estimate of drug-likeness (QED) is 0.656. The van der Waals surface area contributed by atoms with Crippen LogP contribution in [0.2, 0.25) is 0 Å². The highest BCUT2D eigenvalue weighted by molar-refractivity contribution is 7.93. The van der Waals surface area contributed by atoms with Crippen molar-refractivity contribution in [1.29, 1.82) is 0 Å². The molecule has 1 aliphatic heterocycles. The monoisotopic (exact) mass is 455 g/mol. The van der Waals surface area contributed by atoms with Crippen LogP contribution in [0.3, 0.4) is 0 Å². The third-order valence-electron chi connectivity index (χ3n) is 6.39. The molecule has 30 heavy (non-hydrogen) atoms. The van der Waals surface area contributed by atoms with Gasteiger partial charge < -0.3 is 0 Å². The molecule has 6 nitrogen and oxygen atoms in total. The van der Waals surface area contributed by atoms with E-state index in [-0.39, 0.29) is 29.1 Å². The highest BCUT2D eigenvalue weighted by Crippen LogP contribution is 2.33. The summed E-state index contributed by atoms with van der Waals surface area (Å²) in [6.45, 7) is 5.72. The minimum Gasteiger partial charge on any atom is -0.299 e. The van der Waals surface area contributed by atoms with Gasteiger partial charge >= 0.3 is 0 Å². The number of hydrogen-bond donors (Lipinski definition) is 0. The van der Waals surface area contributed by atoms with E-state index in [1.165, 1.54) is 4.31 Å². The Morgan fingerprint density at radius 1 is 1.07 bits per heavy atom. The highest BCUT2D eigenvalue weighted by Gasteiger charge is 2.34. The van der Waals surface area contributed by atoms with Crippen molar-refractivity contribution < 1.29 is 21.6 Å². The Morgan fingerprint density at radius 2 is 1.67 bits per heavy atom. The van der Waals surface area contributed by atoms with Crippen LogP contribution < -0.4 is 4.31 Å². The van der Waals surface area contributed by atoms with E-state index in [0.717, 1.165) is 31.2 Å². The van der Waals surface area contributed by atoms with E-state index >= 15 is 0 Å². The molecule has 0 atom stereocenters. The second kappa shape index (κ2) is 8.61. The first kappa shape index (κ1) is 23.3. The molecule has 8 heteroatoms. The lowest BCUT2D eigenvalue weighted by Crippen LogP contribution is -2.35. The number of Topliss-reactive ketones (excluding diaryl/α,β-unsaturated/α-hetero) is 1. The number of anilines is 1. The average Bonchev–Trinajstić information content (AvgIpc) is 3.01. The summed E-state index contributed by atoms with van der Waals surface area (Å²) in [6, 6.07) is 7.23. The molecule has 1 saturated carbocycles. The van der Waals surface area contributed by atoms with E-state index in [0.29, 0.717) is 25.1 Å². The van der Waals surface area contributed by atoms with Gasteiger partial charge in [-0.1, -0.05) is 12.1 Å². The molecule has 168 valence electrons. The second-order valence-corrected chi connectivity index (χ2v) is 14.5. The molecule has 1 heterocycles. The van der Waals surface area contributed by atoms with Gasteiger partial charge in [0.05, 0.1) is 21.9 Å². The smallest absolute Gasteiger partial charge is 0.235 e. The summed E-state index contributed by atoms with van der Waals surface area (Å²) in [5.41, 5.74) is 1.54. The normalized spacial score (nSPS) is 24.7. The van der Waals surface area contributed by atoms with Crippen molar-refractivity contribution in [2.45, 2.75) is 64.0 Å². The Balaban J connectivity index is 1.53. The molecule has 1 aromatic rings. The van der Waals surface area contributed by atoms with Crippen LogP contribution in [0.1, 0.15) is 58.4 Å². The Kier molecular flexibility index (Phi) is 6.68. The number of benzene rings is 1. The van der Waals surface area contributed by atoms with Crippen molar-refractivity contribution in [3.8, 4) is 0 Å². The van der Waals surface area contributed by atoms with Crippen LogP contribution in [0.4, 0.5) is 5.69 Å². The lowest BCUT2D eigenvalue weighted by Gasteiger charge is -2.30. The van der Waals surface area contributed by atoms with Crippen molar-refractivity contribution in [3.63, 3.8) is 0 Å². The molecular weight excluding hydrogens is 422 g/mol. The summed E-state index contributed by atoms with van der Waals surface area (Å²) in [5.74, 6) is 0.705. The van der Waals surface area contributed by atoms with Gasteiger partial charge in [-0.3, -0.25) is 9.10 Å². The van der Waals surface area contributed by atoms with Gasteiger partial charge in [-0.25, -0.2) is 16.8 Å². The summed E-state index contributed by atoms with van der Waals surface area (Å²) in [7, 11) is -6.33. The summed E-state index contributed by atoms with van der Waals surface area (Å²) < 4.78 is 49.6. The number of nitrogens with zero attached hydrogens (tertiary/aromatic N) is 1. The first-order valence-electron chi connectivity index (χ1n) is 10.7. The number of carbonyl (C=O) groups is 1. The van der Waals surface area contributed by atoms with E-state index in [4.69, 9.17) is 0 Å². The molecule has 2 aliphatic rings. The van der Waals surface area contributed by atoms with Gasteiger partial charge in [0.15, 0.2) is 9.84 Å². The second-order valence-electron chi connectivity index (χ2n) is 9.66. The number of ketones is 1. The third-order valence-corrected chi connectivity index (χ3v) is 11.0. The van der Waals surface area contributed by atoms with Gasteiger partial charge in [-0.15, -0.1) is 0 Å². The summed E-state index contributed by atoms with van der Waals surface area (Å²) >= 11 is 0. The van der Waals surface area contributed by atoms with Gasteiger partial charge in [0.2, 0.25) is 10.0 Å². The van der Waals surface area contributed by atoms with Crippen LogP contribution in [-0.4, -0.2) is 45.4 Å². The summed E-state index contributed by atoms with van der Waals surface area (Å²) in [4.78, 5) is 12.7. The van der Waals surface area contributed by atoms with Crippen molar-refractivity contribution in [2.75, 3.05) is 22.4 Å². The summed E-state index contributed by atoms with van der Waals surface area (Å²) in [5, 5.41) is 0. The van der Waals surface area contributed by atoms with Gasteiger partial charge in [0, 0.05) is 18.9 Å². The molecule has 0 radical (unpaired) electrons. The zero-order valence-electron chi connectivity index (χ0n) is 18.1. The van der Waals surface area contributed by atoms with E-state index in [2.05, 4.69) is 0 Å². The molecule has 1 aromatic carbocycles. The zero-order valence-corrected chi connectivity index (χ0v) is 19.8. The maximum atomic E-state index is 12.7. The highest BCUT2D eigenvalue weighted by atomic mass is 32.2. The molecule has 2 fully saturated rings. The summed E-state index contributed by atoms with van der Waals surface area (Å²) in [6.07, 6.45) is 4.01. The van der Waals surface area contributed by atoms with Crippen LogP contribution >= 0.6 is 0 Å². The van der Waals surface area contributed by atoms with E-state index in [9.17, 15) is 21.6 Å². The predicted molar refractivity (Wildman–Crippen MR) is 120 cm³/mol. The van der Waals surface area contributed by atoms with Gasteiger partial charge in [0.25, 0.3) is 0 Å². The third kappa shape index (κ3) is 5.25. The Bertz CT molecular complexity index is 967. The Morgan fingerprint density at radius 3 is 2.17 bits per heavy atom. The standard InChI is InChI=1S/C22H33NO5S2/c1-22(2,3)29(25,26)16-18-5-9-19(10-6-18)21(24)15-17-7-11-20(12-8-17)23-13-4-14-30(23,27)28/h7-8,11-12,18-19H,4-6,9-10,13-16H2,1-3H3. The Hall–Kier alpha value is -1.41. The average molecular weight is 456 g/mol. The van der Waals surface area contributed by atoms with Crippen LogP contribution in [-0.2, 0) is 31.1 Å². The van der Waals surface area contributed by atoms with Crippen molar-refractivity contribution in [2.24, 2.45) is 11.8 Å². The fourth-order valence-corrected chi connectivity index (χ4v) is 7.28. The SMILES string of the molecule is CC(C)(C)S(=O)(=O)CC1CCC(C(=O)Cc2ccc(N3CCCS3(=O)=O)cc2)CC1. The van der Waals surface area contributed by atoms with Crippen molar-refractivity contribution in [3.05, 3.63) is 29.8 Å². The topological polar surface area (TPSA) is 88.6 Å². The minimum atomic E-state index is -3.20. The number of hydrogen-bond acceptors (Lipinski definition) is 5. The molecule has 1 saturated heterocycles. The number of sulfonamides is 1. The van der Waals surface area contributed by atoms with Gasteiger partial charge in [-0.05, 0) is 76.5 Å². The first-order chi connectivity index (χ1) is 13.9. The van der Waals surface area contributed by atoms with Gasteiger partial charge in [-0.2, -0.15) is 0 Å². The molecule has 0 unspecified atom stereocenters. The molecule has 1 aliphatic carbocycles. The zero-order chi connectivity index (χ0) is 22.2. The Labute approximate surface area is 181 Å². The van der Waals surface area contributed by atoms with Crippen LogP contribution in [0.5, 0.6) is 0 Å². The molecular formula is C22H33NO5S2. The van der Waals surface area contributed by atoms with Crippen molar-refractivity contribution >= 4 is 31.3 Å². The number of rotatable bonds is 6. The molecule has 0 bridgehead atoms. The molecule has 0 N–H and O–H groups in total. The molecule has 0 spiro atoms. The maximum absolute atomic E-state index is 12.7. The van der Waals surface area contributed by atoms with Gasteiger partial charge in [0.1, 0.15) is 5.78 Å². The molecule has 0 aromatic heterocycles. The lowest BCUT2D eigenvalue weighted by atomic mass is 9.79. The molecule has 0 amide bonds. The van der Waals surface area contributed by atoms with Crippen LogP contribution in [0.15, 0.2) is 24.3 Å². The maximum Gasteiger partial charge on any atom is 0.235 e. The fraction of sp³-hybridized carbons (Fsp3) is 0.682. The first-order valence-corrected chi connectivity index (χ1v) is 14.0. The minimum absolute atomic E-state index is 0.0165. The van der Waals surface area contributed by atoms with E-state index in [1.807, 2.05) is 12.1 Å². The fourth-order valence-electron chi connectivity index (χ4n) is 4.27. The predicted octanol–water partition coefficient (Wildman–Crippen LogP) is 3.36. The number of carbonyl (C=O) groups excluding carboxylic acids is 1. The lowest BCUT2D eigenvalue weighted by molar-refractivity contribution is -0.123. The largest absolute Gasteiger partial charge is 0.299 e. The van der Waals surface area contributed by atoms with Crippen molar-refractivity contribution in [1.82, 2.24) is 0 Å². The molecule has 3 rings (SSSR count). The van der Waals surface area contributed by atoms with E-state index < -0.39 is 24.6 Å². The van der Waals surface area contributed by atoms with Crippen LogP contribution in [0.25, 0.3) is 0 Å².